The van der Waals surface area contributed by atoms with Crippen molar-refractivity contribution in [2.45, 2.75) is 19.1 Å². The van der Waals surface area contributed by atoms with Crippen LogP contribution < -0.4 is 10.5 Å². The van der Waals surface area contributed by atoms with Crippen LogP contribution in [0.3, 0.4) is 0 Å². The highest BCUT2D eigenvalue weighted by Gasteiger charge is 2.17. The van der Waals surface area contributed by atoms with Crippen LogP contribution in [0.15, 0.2) is 27.8 Å². The molecule has 6 nitrogen and oxygen atoms in total. The van der Waals surface area contributed by atoms with E-state index < -0.39 is 15.1 Å². The summed E-state index contributed by atoms with van der Waals surface area (Å²) in [5, 5.41) is 11.2. The number of benzene rings is 1. The molecule has 0 bridgehead atoms. The van der Waals surface area contributed by atoms with Crippen molar-refractivity contribution < 1.29 is 18.4 Å². The predicted molar refractivity (Wildman–Crippen MR) is 81.1 cm³/mol. The lowest BCUT2D eigenvalue weighted by atomic mass is 10.2. The van der Waals surface area contributed by atoms with Gasteiger partial charge < -0.3 is 15.7 Å². The molecule has 1 aromatic rings. The summed E-state index contributed by atoms with van der Waals surface area (Å²) in [6.07, 6.45) is 0. The summed E-state index contributed by atoms with van der Waals surface area (Å²) < 4.78 is 29.5. The lowest BCUT2D eigenvalue weighted by Crippen LogP contribution is -2.23. The Hall–Kier alpha value is -1.28. The van der Waals surface area contributed by atoms with Gasteiger partial charge in [0.2, 0.25) is 0 Å². The molecule has 0 aliphatic heterocycles. The van der Waals surface area contributed by atoms with E-state index in [9.17, 15) is 8.42 Å². The van der Waals surface area contributed by atoms with Crippen molar-refractivity contribution >= 4 is 31.6 Å². The van der Waals surface area contributed by atoms with Gasteiger partial charge in [-0.25, -0.2) is 8.42 Å². The topological polar surface area (TPSA) is 102 Å². The van der Waals surface area contributed by atoms with Gasteiger partial charge in [0.05, 0.1) is 16.6 Å². The van der Waals surface area contributed by atoms with E-state index in [0.717, 1.165) is 4.47 Å². The molecular weight excluding hydrogens is 348 g/mol. The molecule has 1 aromatic carbocycles. The van der Waals surface area contributed by atoms with Crippen LogP contribution in [0.25, 0.3) is 0 Å². The molecule has 0 atom stereocenters. The number of hydrogen-bond acceptors (Lipinski definition) is 5. The van der Waals surface area contributed by atoms with Gasteiger partial charge in [-0.2, -0.15) is 0 Å². The SMILES string of the molecule is CC(C)S(=O)(=O)CCOc1ccc(Br)cc1/C(N)=N/O. The number of oxime groups is 1. The van der Waals surface area contributed by atoms with Crippen LogP contribution >= 0.6 is 15.9 Å². The summed E-state index contributed by atoms with van der Waals surface area (Å²) >= 11 is 3.27. The zero-order chi connectivity index (χ0) is 15.3. The van der Waals surface area contributed by atoms with Crippen LogP contribution in [0.1, 0.15) is 19.4 Å². The van der Waals surface area contributed by atoms with Crippen LogP contribution in [-0.2, 0) is 9.84 Å². The predicted octanol–water partition coefficient (Wildman–Crippen LogP) is 1.75. The highest BCUT2D eigenvalue weighted by molar-refractivity contribution is 9.10. The summed E-state index contributed by atoms with van der Waals surface area (Å²) in [6.45, 7) is 3.25. The van der Waals surface area contributed by atoms with Gasteiger partial charge in [-0.1, -0.05) is 21.1 Å². The molecule has 0 unspecified atom stereocenters. The second kappa shape index (κ2) is 6.94. The van der Waals surface area contributed by atoms with Crippen LogP contribution in [0, 0.1) is 0 Å². The van der Waals surface area contributed by atoms with E-state index in [0.29, 0.717) is 11.3 Å². The van der Waals surface area contributed by atoms with Crippen LogP contribution in [-0.4, -0.2) is 37.1 Å². The number of sulfone groups is 1. The first-order valence-corrected chi connectivity index (χ1v) is 8.40. The standard InChI is InChI=1S/C12H17BrN2O4S/c1-8(2)20(17,18)6-5-19-11-4-3-9(13)7-10(11)12(14)15-16/h3-4,7-8,16H,5-6H2,1-2H3,(H2,14,15). The third-order valence-electron chi connectivity index (χ3n) is 2.67. The quantitative estimate of drug-likeness (QED) is 0.346. The molecule has 20 heavy (non-hydrogen) atoms. The van der Waals surface area contributed by atoms with Crippen molar-refractivity contribution in [2.24, 2.45) is 10.9 Å². The average Bonchev–Trinajstić information content (AvgIpc) is 2.39. The molecule has 0 aromatic heterocycles. The van der Waals surface area contributed by atoms with Crippen LogP contribution in [0.5, 0.6) is 5.75 Å². The Labute approximate surface area is 126 Å². The van der Waals surface area contributed by atoms with Gasteiger partial charge >= 0.3 is 0 Å². The molecule has 0 aliphatic rings. The number of hydrogen-bond donors (Lipinski definition) is 2. The smallest absolute Gasteiger partial charge is 0.173 e. The Kier molecular flexibility index (Phi) is 5.82. The summed E-state index contributed by atoms with van der Waals surface area (Å²) in [6, 6.07) is 4.97. The average molecular weight is 365 g/mol. The molecule has 0 saturated heterocycles. The Morgan fingerprint density at radius 3 is 2.70 bits per heavy atom. The van der Waals surface area contributed by atoms with E-state index in [-0.39, 0.29) is 18.2 Å². The second-order valence-corrected chi connectivity index (χ2v) is 7.98. The third kappa shape index (κ3) is 4.38. The molecule has 0 heterocycles. The van der Waals surface area contributed by atoms with Gasteiger partial charge in [-0.3, -0.25) is 0 Å². The highest BCUT2D eigenvalue weighted by Crippen LogP contribution is 2.23. The van der Waals surface area contributed by atoms with E-state index >= 15 is 0 Å². The molecular formula is C12H17BrN2O4S. The number of nitrogens with zero attached hydrogens (tertiary/aromatic N) is 1. The van der Waals surface area contributed by atoms with Gasteiger partial charge in [-0.15, -0.1) is 0 Å². The maximum Gasteiger partial charge on any atom is 0.173 e. The van der Waals surface area contributed by atoms with Crippen LogP contribution in [0.4, 0.5) is 0 Å². The zero-order valence-corrected chi connectivity index (χ0v) is 13.6. The zero-order valence-electron chi connectivity index (χ0n) is 11.2. The monoisotopic (exact) mass is 364 g/mol. The fraction of sp³-hybridized carbons (Fsp3) is 0.417. The van der Waals surface area contributed by atoms with Gasteiger partial charge in [0, 0.05) is 4.47 Å². The van der Waals surface area contributed by atoms with E-state index in [1.807, 2.05) is 0 Å². The number of halogens is 1. The fourth-order valence-corrected chi connectivity index (χ4v) is 2.53. The second-order valence-electron chi connectivity index (χ2n) is 4.39. The Morgan fingerprint density at radius 1 is 1.50 bits per heavy atom. The molecule has 0 aliphatic carbocycles. The normalized spacial score (nSPS) is 12.7. The number of nitrogens with two attached hydrogens (primary N) is 1. The van der Waals surface area contributed by atoms with Crippen molar-refractivity contribution in [1.82, 2.24) is 0 Å². The van der Waals surface area contributed by atoms with E-state index in [2.05, 4.69) is 21.1 Å². The molecule has 0 fully saturated rings. The van der Waals surface area contributed by atoms with Crippen LogP contribution in [0.2, 0.25) is 0 Å². The first kappa shape index (κ1) is 16.8. The Morgan fingerprint density at radius 2 is 2.15 bits per heavy atom. The van der Waals surface area contributed by atoms with E-state index in [1.165, 1.54) is 0 Å². The summed E-state index contributed by atoms with van der Waals surface area (Å²) in [5.41, 5.74) is 5.94. The molecule has 0 radical (unpaired) electrons. The van der Waals surface area contributed by atoms with Crippen molar-refractivity contribution in [3.63, 3.8) is 0 Å². The summed E-state index contributed by atoms with van der Waals surface area (Å²) in [5.74, 6) is 0.173. The first-order chi connectivity index (χ1) is 9.27. The van der Waals surface area contributed by atoms with Crippen molar-refractivity contribution in [3.05, 3.63) is 28.2 Å². The van der Waals surface area contributed by atoms with Gasteiger partial charge in [0.1, 0.15) is 12.4 Å². The summed E-state index contributed by atoms with van der Waals surface area (Å²) in [7, 11) is -3.16. The third-order valence-corrected chi connectivity index (χ3v) is 5.33. The maximum atomic E-state index is 11.7. The van der Waals surface area contributed by atoms with E-state index in [4.69, 9.17) is 15.7 Å². The lowest BCUT2D eigenvalue weighted by Gasteiger charge is -2.12. The minimum atomic E-state index is -3.16. The van der Waals surface area contributed by atoms with Gasteiger partial charge in [-0.05, 0) is 32.0 Å². The minimum Gasteiger partial charge on any atom is -0.492 e. The Balaban J connectivity index is 2.84. The maximum absolute atomic E-state index is 11.7. The number of amidine groups is 1. The van der Waals surface area contributed by atoms with Crippen molar-refractivity contribution in [2.75, 3.05) is 12.4 Å². The molecule has 1 rings (SSSR count). The van der Waals surface area contributed by atoms with Crippen molar-refractivity contribution in [1.29, 1.82) is 0 Å². The molecule has 8 heteroatoms. The first-order valence-electron chi connectivity index (χ1n) is 5.89. The van der Waals surface area contributed by atoms with Gasteiger partial charge in [0.25, 0.3) is 0 Å². The highest BCUT2D eigenvalue weighted by atomic mass is 79.9. The van der Waals surface area contributed by atoms with Crippen molar-refractivity contribution in [3.8, 4) is 5.75 Å². The molecule has 0 amide bonds. The van der Waals surface area contributed by atoms with Gasteiger partial charge in [0.15, 0.2) is 15.7 Å². The largest absolute Gasteiger partial charge is 0.492 e. The molecule has 0 saturated carbocycles. The summed E-state index contributed by atoms with van der Waals surface area (Å²) in [4.78, 5) is 0. The fourth-order valence-electron chi connectivity index (χ4n) is 1.39. The Bertz CT molecular complexity index is 599. The molecule has 112 valence electrons. The lowest BCUT2D eigenvalue weighted by molar-refractivity contribution is 0.317. The van der Waals surface area contributed by atoms with E-state index in [1.54, 1.807) is 32.0 Å². The minimum absolute atomic E-state index is 0.00779. The molecule has 3 N–H and O–H groups in total. The number of ether oxygens (including phenoxy) is 1. The molecule has 0 spiro atoms. The number of rotatable bonds is 6.